The predicted molar refractivity (Wildman–Crippen MR) is 78.5 cm³/mol. The smallest absolute Gasteiger partial charge is 0.328 e. The van der Waals surface area contributed by atoms with Crippen LogP contribution in [0.5, 0.6) is 0 Å². The van der Waals surface area contributed by atoms with Crippen LogP contribution in [-0.2, 0) is 4.79 Å². The standard InChI is InChI=1S/C14H19N5O2/c1-8(2)6-12(14(20)21)19-13(16-17-18-19)10-5-4-9(3)11(15)7-10/h4-5,7-8,12H,6,15H2,1-3H3,(H,20,21). The number of tetrazole rings is 1. The van der Waals surface area contributed by atoms with Crippen LogP contribution in [-0.4, -0.2) is 31.3 Å². The number of aliphatic carboxylic acids is 1. The zero-order valence-electron chi connectivity index (χ0n) is 12.3. The number of anilines is 1. The van der Waals surface area contributed by atoms with Gasteiger partial charge >= 0.3 is 5.97 Å². The number of aromatic nitrogens is 4. The van der Waals surface area contributed by atoms with Crippen LogP contribution in [0.15, 0.2) is 18.2 Å². The summed E-state index contributed by atoms with van der Waals surface area (Å²) in [6, 6.07) is 4.66. The zero-order chi connectivity index (χ0) is 15.6. The number of benzene rings is 1. The van der Waals surface area contributed by atoms with Gasteiger partial charge in [0, 0.05) is 11.3 Å². The number of rotatable bonds is 5. The molecule has 0 aliphatic heterocycles. The highest BCUT2D eigenvalue weighted by Gasteiger charge is 2.26. The number of hydrogen-bond donors (Lipinski definition) is 2. The molecule has 1 atom stereocenters. The SMILES string of the molecule is Cc1ccc(-c2nnnn2C(CC(C)C)C(=O)O)cc1N. The Balaban J connectivity index is 2.45. The average Bonchev–Trinajstić information content (AvgIpc) is 2.87. The van der Waals surface area contributed by atoms with Gasteiger partial charge in [0.2, 0.25) is 0 Å². The van der Waals surface area contributed by atoms with Crippen LogP contribution in [0.25, 0.3) is 11.4 Å². The third kappa shape index (κ3) is 3.18. The summed E-state index contributed by atoms with van der Waals surface area (Å²) in [6.07, 6.45) is 0.453. The molecule has 21 heavy (non-hydrogen) atoms. The van der Waals surface area contributed by atoms with Crippen LogP contribution in [0.1, 0.15) is 31.9 Å². The molecule has 0 saturated carbocycles. The highest BCUT2D eigenvalue weighted by Crippen LogP contribution is 2.26. The number of aryl methyl sites for hydroxylation is 1. The monoisotopic (exact) mass is 289 g/mol. The topological polar surface area (TPSA) is 107 Å². The normalized spacial score (nSPS) is 12.6. The van der Waals surface area contributed by atoms with Crippen molar-refractivity contribution in [2.24, 2.45) is 5.92 Å². The highest BCUT2D eigenvalue weighted by atomic mass is 16.4. The second-order valence-electron chi connectivity index (χ2n) is 5.50. The largest absolute Gasteiger partial charge is 0.480 e. The molecule has 1 aromatic carbocycles. The summed E-state index contributed by atoms with van der Waals surface area (Å²) in [5.74, 6) is -0.321. The molecule has 1 heterocycles. The molecule has 0 bridgehead atoms. The minimum atomic E-state index is -0.947. The molecule has 2 aromatic rings. The van der Waals surface area contributed by atoms with Gasteiger partial charge in [0.1, 0.15) is 0 Å². The fourth-order valence-electron chi connectivity index (χ4n) is 2.12. The Hall–Kier alpha value is -2.44. The van der Waals surface area contributed by atoms with Gasteiger partial charge in [-0.3, -0.25) is 0 Å². The first kappa shape index (κ1) is 15.0. The van der Waals surface area contributed by atoms with Crippen LogP contribution < -0.4 is 5.73 Å². The maximum Gasteiger partial charge on any atom is 0.328 e. The molecule has 112 valence electrons. The van der Waals surface area contributed by atoms with E-state index < -0.39 is 12.0 Å². The van der Waals surface area contributed by atoms with E-state index in [2.05, 4.69) is 15.5 Å². The number of nitrogens with zero attached hydrogens (tertiary/aromatic N) is 4. The third-order valence-electron chi connectivity index (χ3n) is 3.31. The van der Waals surface area contributed by atoms with Crippen LogP contribution >= 0.6 is 0 Å². The van der Waals surface area contributed by atoms with Gasteiger partial charge < -0.3 is 10.8 Å². The van der Waals surface area contributed by atoms with Gasteiger partial charge in [-0.2, -0.15) is 0 Å². The van der Waals surface area contributed by atoms with Gasteiger partial charge in [0.25, 0.3) is 0 Å². The Bertz CT molecular complexity index is 651. The molecule has 0 aliphatic rings. The van der Waals surface area contributed by atoms with Crippen molar-refractivity contribution >= 4 is 11.7 Å². The highest BCUT2D eigenvalue weighted by molar-refractivity contribution is 5.73. The molecule has 1 aromatic heterocycles. The fourth-order valence-corrected chi connectivity index (χ4v) is 2.12. The Morgan fingerprint density at radius 1 is 1.43 bits per heavy atom. The average molecular weight is 289 g/mol. The molecule has 7 nitrogen and oxygen atoms in total. The Kier molecular flexibility index (Phi) is 4.21. The van der Waals surface area contributed by atoms with Crippen LogP contribution in [0.3, 0.4) is 0 Å². The van der Waals surface area contributed by atoms with Gasteiger partial charge in [0.05, 0.1) is 0 Å². The number of carboxylic acids is 1. The van der Waals surface area contributed by atoms with Crippen molar-refractivity contribution in [3.8, 4) is 11.4 Å². The molecule has 7 heteroatoms. The third-order valence-corrected chi connectivity index (χ3v) is 3.31. The summed E-state index contributed by atoms with van der Waals surface area (Å²) in [6.45, 7) is 5.83. The minimum Gasteiger partial charge on any atom is -0.480 e. The molecule has 3 N–H and O–H groups in total. The zero-order valence-corrected chi connectivity index (χ0v) is 12.3. The van der Waals surface area contributed by atoms with E-state index in [0.29, 0.717) is 23.5 Å². The quantitative estimate of drug-likeness (QED) is 0.814. The lowest BCUT2D eigenvalue weighted by Gasteiger charge is -2.16. The van der Waals surface area contributed by atoms with Gasteiger partial charge in [-0.05, 0) is 41.3 Å². The van der Waals surface area contributed by atoms with Crippen molar-refractivity contribution in [1.29, 1.82) is 0 Å². The maximum atomic E-state index is 11.5. The molecular weight excluding hydrogens is 270 g/mol. The van der Waals surface area contributed by atoms with Crippen molar-refractivity contribution in [1.82, 2.24) is 20.2 Å². The van der Waals surface area contributed by atoms with Gasteiger partial charge in [-0.1, -0.05) is 26.0 Å². The number of carbonyl (C=O) groups is 1. The second kappa shape index (κ2) is 5.90. The van der Waals surface area contributed by atoms with Crippen LogP contribution in [0, 0.1) is 12.8 Å². The summed E-state index contributed by atoms with van der Waals surface area (Å²) in [5, 5.41) is 20.8. The minimum absolute atomic E-state index is 0.214. The van der Waals surface area contributed by atoms with E-state index in [1.165, 1.54) is 4.68 Å². The van der Waals surface area contributed by atoms with E-state index in [4.69, 9.17) is 5.73 Å². The first-order valence-corrected chi connectivity index (χ1v) is 6.77. The first-order chi connectivity index (χ1) is 9.90. The predicted octanol–water partition coefficient (Wildman–Crippen LogP) is 1.90. The summed E-state index contributed by atoms with van der Waals surface area (Å²) in [4.78, 5) is 11.5. The Labute approximate surface area is 122 Å². The Morgan fingerprint density at radius 2 is 2.14 bits per heavy atom. The van der Waals surface area contributed by atoms with Crippen molar-refractivity contribution in [2.45, 2.75) is 33.2 Å². The van der Waals surface area contributed by atoms with Gasteiger partial charge in [-0.25, -0.2) is 9.48 Å². The summed E-state index contributed by atoms with van der Waals surface area (Å²) < 4.78 is 1.35. The lowest BCUT2D eigenvalue weighted by molar-refractivity contribution is -0.141. The van der Waals surface area contributed by atoms with E-state index in [-0.39, 0.29) is 5.92 Å². The maximum absolute atomic E-state index is 11.5. The molecule has 2 rings (SSSR count). The number of nitrogens with two attached hydrogens (primary N) is 1. The Morgan fingerprint density at radius 3 is 2.71 bits per heavy atom. The van der Waals surface area contributed by atoms with Crippen molar-refractivity contribution in [2.75, 3.05) is 5.73 Å². The summed E-state index contributed by atoms with van der Waals surface area (Å²) >= 11 is 0. The van der Waals surface area contributed by atoms with E-state index in [0.717, 1.165) is 5.56 Å². The van der Waals surface area contributed by atoms with Crippen LogP contribution in [0.4, 0.5) is 5.69 Å². The van der Waals surface area contributed by atoms with E-state index in [9.17, 15) is 9.90 Å². The van der Waals surface area contributed by atoms with E-state index in [1.807, 2.05) is 32.9 Å². The van der Waals surface area contributed by atoms with Crippen molar-refractivity contribution in [3.05, 3.63) is 23.8 Å². The van der Waals surface area contributed by atoms with Gasteiger partial charge in [-0.15, -0.1) is 5.10 Å². The van der Waals surface area contributed by atoms with E-state index >= 15 is 0 Å². The number of nitrogen functional groups attached to an aromatic ring is 1. The number of carboxylic acid groups (broad SMARTS) is 1. The summed E-state index contributed by atoms with van der Waals surface area (Å²) in [7, 11) is 0. The van der Waals surface area contributed by atoms with Crippen molar-refractivity contribution < 1.29 is 9.90 Å². The lowest BCUT2D eigenvalue weighted by atomic mass is 10.0. The fraction of sp³-hybridized carbons (Fsp3) is 0.429. The molecule has 0 aliphatic carbocycles. The molecule has 0 radical (unpaired) electrons. The number of hydrogen-bond acceptors (Lipinski definition) is 5. The molecule has 1 unspecified atom stereocenters. The first-order valence-electron chi connectivity index (χ1n) is 6.77. The second-order valence-corrected chi connectivity index (χ2v) is 5.50. The molecule has 0 spiro atoms. The lowest BCUT2D eigenvalue weighted by Crippen LogP contribution is -2.23. The molecule has 0 amide bonds. The molecular formula is C14H19N5O2. The molecule has 0 fully saturated rings. The summed E-state index contributed by atoms with van der Waals surface area (Å²) in [5.41, 5.74) is 8.18. The van der Waals surface area contributed by atoms with Gasteiger partial charge in [0.15, 0.2) is 11.9 Å². The van der Waals surface area contributed by atoms with E-state index in [1.54, 1.807) is 6.07 Å². The van der Waals surface area contributed by atoms with Crippen molar-refractivity contribution in [3.63, 3.8) is 0 Å². The van der Waals surface area contributed by atoms with Crippen LogP contribution in [0.2, 0.25) is 0 Å². The molecule has 0 saturated heterocycles.